The van der Waals surface area contributed by atoms with E-state index in [0.29, 0.717) is 6.54 Å². The average Bonchev–Trinajstić information content (AvgIpc) is 2.79. The fourth-order valence-corrected chi connectivity index (χ4v) is 2.62. The molecule has 2 heteroatoms. The van der Waals surface area contributed by atoms with Crippen molar-refractivity contribution in [2.75, 3.05) is 6.54 Å². The van der Waals surface area contributed by atoms with E-state index >= 15 is 0 Å². The van der Waals surface area contributed by atoms with Crippen molar-refractivity contribution in [3.8, 4) is 0 Å². The number of fused-ring (bicyclic) bond motifs is 1. The van der Waals surface area contributed by atoms with Gasteiger partial charge in [0.2, 0.25) is 0 Å². The number of rotatable bonds is 4. The van der Waals surface area contributed by atoms with Gasteiger partial charge in [-0.3, -0.25) is 0 Å². The quantitative estimate of drug-likeness (QED) is 0.733. The first-order valence-corrected chi connectivity index (χ1v) is 6.71. The topological polar surface area (TPSA) is 41.8 Å². The Balaban J connectivity index is 2.07. The Labute approximate surface area is 113 Å². The summed E-state index contributed by atoms with van der Waals surface area (Å²) < 4.78 is 0. The highest BCUT2D eigenvalue weighted by Crippen LogP contribution is 2.25. The lowest BCUT2D eigenvalue weighted by Gasteiger charge is -2.04. The smallest absolute Gasteiger partial charge is 0.0459 e. The Morgan fingerprint density at radius 1 is 0.895 bits per heavy atom. The van der Waals surface area contributed by atoms with Gasteiger partial charge in [-0.15, -0.1) is 0 Å². The van der Waals surface area contributed by atoms with Crippen LogP contribution in [0.15, 0.2) is 54.6 Å². The molecule has 2 nitrogen and oxygen atoms in total. The van der Waals surface area contributed by atoms with E-state index in [1.54, 1.807) is 0 Å². The molecule has 0 saturated heterocycles. The predicted octanol–water partition coefficient (Wildman–Crippen LogP) is 3.26. The van der Waals surface area contributed by atoms with Crippen molar-refractivity contribution in [2.24, 2.45) is 5.73 Å². The summed E-state index contributed by atoms with van der Waals surface area (Å²) in [6.45, 7) is 0.675. The summed E-state index contributed by atoms with van der Waals surface area (Å²) in [5.41, 5.74) is 10.9. The first-order valence-electron chi connectivity index (χ1n) is 6.71. The number of benzene rings is 2. The molecule has 1 aromatic heterocycles. The summed E-state index contributed by atoms with van der Waals surface area (Å²) in [7, 11) is 0. The van der Waals surface area contributed by atoms with Gasteiger partial charge in [0, 0.05) is 23.0 Å². The molecule has 96 valence electrons. The largest absolute Gasteiger partial charge is 0.358 e. The van der Waals surface area contributed by atoms with Crippen LogP contribution in [0.3, 0.4) is 0 Å². The molecule has 0 amide bonds. The molecule has 0 aliphatic heterocycles. The van der Waals surface area contributed by atoms with E-state index in [2.05, 4.69) is 59.6 Å². The van der Waals surface area contributed by atoms with Crippen molar-refractivity contribution < 1.29 is 0 Å². The van der Waals surface area contributed by atoms with Crippen LogP contribution in [0.2, 0.25) is 0 Å². The summed E-state index contributed by atoms with van der Waals surface area (Å²) in [6.07, 6.45) is 1.86. The number of aromatic nitrogens is 1. The molecule has 3 N–H and O–H groups in total. The van der Waals surface area contributed by atoms with E-state index < -0.39 is 0 Å². The van der Waals surface area contributed by atoms with Gasteiger partial charge in [-0.2, -0.15) is 0 Å². The molecule has 0 atom stereocenters. The third kappa shape index (κ3) is 2.40. The minimum absolute atomic E-state index is 0.675. The Morgan fingerprint density at radius 3 is 2.42 bits per heavy atom. The van der Waals surface area contributed by atoms with Gasteiger partial charge in [-0.1, -0.05) is 48.5 Å². The molecule has 0 saturated carbocycles. The van der Waals surface area contributed by atoms with Crippen LogP contribution >= 0.6 is 0 Å². The maximum absolute atomic E-state index is 5.72. The lowest BCUT2D eigenvalue weighted by atomic mass is 10.0. The average molecular weight is 250 g/mol. The van der Waals surface area contributed by atoms with Crippen LogP contribution in [0.5, 0.6) is 0 Å². The molecule has 0 unspecified atom stereocenters. The summed E-state index contributed by atoms with van der Waals surface area (Å²) in [5.74, 6) is 0. The minimum atomic E-state index is 0.675. The van der Waals surface area contributed by atoms with E-state index in [9.17, 15) is 0 Å². The SMILES string of the molecule is NCCc1[nH]c2ccccc2c1Cc1ccccc1. The molecule has 0 radical (unpaired) electrons. The second-order valence-electron chi connectivity index (χ2n) is 4.83. The number of H-pyrrole nitrogens is 1. The molecule has 3 aromatic rings. The third-order valence-electron chi connectivity index (χ3n) is 3.52. The lowest BCUT2D eigenvalue weighted by molar-refractivity contribution is 0.920. The monoisotopic (exact) mass is 250 g/mol. The first-order chi connectivity index (χ1) is 9.38. The molecule has 0 spiro atoms. The molecule has 19 heavy (non-hydrogen) atoms. The second-order valence-corrected chi connectivity index (χ2v) is 4.83. The van der Waals surface area contributed by atoms with Gasteiger partial charge in [0.25, 0.3) is 0 Å². The number of hydrogen-bond acceptors (Lipinski definition) is 1. The molecule has 3 rings (SSSR count). The lowest BCUT2D eigenvalue weighted by Crippen LogP contribution is -2.05. The number of nitrogens with one attached hydrogen (secondary N) is 1. The highest BCUT2D eigenvalue weighted by atomic mass is 14.7. The zero-order valence-electron chi connectivity index (χ0n) is 10.9. The van der Waals surface area contributed by atoms with Crippen LogP contribution in [0, 0.1) is 0 Å². The van der Waals surface area contributed by atoms with Crippen LogP contribution in [0.1, 0.15) is 16.8 Å². The van der Waals surface area contributed by atoms with Crippen LogP contribution in [0.4, 0.5) is 0 Å². The highest BCUT2D eigenvalue weighted by Gasteiger charge is 2.10. The number of hydrogen-bond donors (Lipinski definition) is 2. The molecule has 0 aliphatic rings. The zero-order valence-corrected chi connectivity index (χ0v) is 10.9. The van der Waals surface area contributed by atoms with Gasteiger partial charge < -0.3 is 10.7 Å². The first kappa shape index (κ1) is 12.0. The minimum Gasteiger partial charge on any atom is -0.358 e. The highest BCUT2D eigenvalue weighted by molar-refractivity contribution is 5.85. The third-order valence-corrected chi connectivity index (χ3v) is 3.52. The van der Waals surface area contributed by atoms with Crippen molar-refractivity contribution in [1.82, 2.24) is 4.98 Å². The van der Waals surface area contributed by atoms with Gasteiger partial charge in [0.15, 0.2) is 0 Å². The van der Waals surface area contributed by atoms with Crippen LogP contribution in [-0.2, 0) is 12.8 Å². The predicted molar refractivity (Wildman–Crippen MR) is 80.3 cm³/mol. The summed E-state index contributed by atoms with van der Waals surface area (Å²) in [5, 5.41) is 1.31. The van der Waals surface area contributed by atoms with E-state index in [1.807, 2.05) is 0 Å². The standard InChI is InChI=1S/C17H18N2/c18-11-10-17-15(12-13-6-2-1-3-7-13)14-8-4-5-9-16(14)19-17/h1-9,19H,10-12,18H2. The van der Waals surface area contributed by atoms with Crippen molar-refractivity contribution >= 4 is 10.9 Å². The van der Waals surface area contributed by atoms with Crippen molar-refractivity contribution in [1.29, 1.82) is 0 Å². The molecule has 1 heterocycles. The molecule has 0 fully saturated rings. The van der Waals surface area contributed by atoms with Crippen LogP contribution in [-0.4, -0.2) is 11.5 Å². The van der Waals surface area contributed by atoms with E-state index in [0.717, 1.165) is 12.8 Å². The Bertz CT molecular complexity index is 668. The van der Waals surface area contributed by atoms with Crippen molar-refractivity contribution in [3.05, 3.63) is 71.4 Å². The molecular weight excluding hydrogens is 232 g/mol. The van der Waals surface area contributed by atoms with Gasteiger partial charge in [0.05, 0.1) is 0 Å². The normalized spacial score (nSPS) is 11.0. The van der Waals surface area contributed by atoms with E-state index in [4.69, 9.17) is 5.73 Å². The fraction of sp³-hybridized carbons (Fsp3) is 0.176. The molecular formula is C17H18N2. The maximum Gasteiger partial charge on any atom is 0.0459 e. The van der Waals surface area contributed by atoms with Crippen LogP contribution < -0.4 is 5.73 Å². The molecule has 0 aliphatic carbocycles. The van der Waals surface area contributed by atoms with Gasteiger partial charge in [-0.05, 0) is 30.2 Å². The van der Waals surface area contributed by atoms with Gasteiger partial charge in [0.1, 0.15) is 0 Å². The summed E-state index contributed by atoms with van der Waals surface area (Å²) >= 11 is 0. The Hall–Kier alpha value is -2.06. The van der Waals surface area contributed by atoms with Crippen molar-refractivity contribution in [3.63, 3.8) is 0 Å². The van der Waals surface area contributed by atoms with Crippen LogP contribution in [0.25, 0.3) is 10.9 Å². The Kier molecular flexibility index (Phi) is 3.34. The number of nitrogens with two attached hydrogens (primary N) is 1. The molecule has 2 aromatic carbocycles. The summed E-state index contributed by atoms with van der Waals surface area (Å²) in [4.78, 5) is 3.51. The fourth-order valence-electron chi connectivity index (χ4n) is 2.62. The Morgan fingerprint density at radius 2 is 1.63 bits per heavy atom. The molecule has 0 bridgehead atoms. The maximum atomic E-state index is 5.72. The number of para-hydroxylation sites is 1. The van der Waals surface area contributed by atoms with Gasteiger partial charge in [-0.25, -0.2) is 0 Å². The second kappa shape index (κ2) is 5.29. The van der Waals surface area contributed by atoms with Crippen molar-refractivity contribution in [2.45, 2.75) is 12.8 Å². The zero-order chi connectivity index (χ0) is 13.1. The van der Waals surface area contributed by atoms with E-state index in [-0.39, 0.29) is 0 Å². The summed E-state index contributed by atoms with van der Waals surface area (Å²) in [6, 6.07) is 19.1. The van der Waals surface area contributed by atoms with Gasteiger partial charge >= 0.3 is 0 Å². The number of aromatic amines is 1. The van der Waals surface area contributed by atoms with E-state index in [1.165, 1.54) is 27.7 Å².